The van der Waals surface area contributed by atoms with Gasteiger partial charge in [0.25, 0.3) is 0 Å². The van der Waals surface area contributed by atoms with Crippen LogP contribution in [0.15, 0.2) is 30.3 Å². The van der Waals surface area contributed by atoms with Crippen LogP contribution in [0.3, 0.4) is 0 Å². The first-order valence-electron chi connectivity index (χ1n) is 7.34. The fourth-order valence-corrected chi connectivity index (χ4v) is 2.70. The summed E-state index contributed by atoms with van der Waals surface area (Å²) >= 11 is 2.00. The van der Waals surface area contributed by atoms with Crippen molar-refractivity contribution in [1.29, 1.82) is 0 Å². The second-order valence-corrected chi connectivity index (χ2v) is 6.05. The number of likely N-dealkylation sites (N-methyl/N-ethyl adjacent to an activating group) is 1. The molecule has 0 heterocycles. The zero-order chi connectivity index (χ0) is 13.8. The molecule has 1 rings (SSSR count). The molecule has 0 saturated carbocycles. The van der Waals surface area contributed by atoms with Gasteiger partial charge < -0.3 is 10.2 Å². The Balaban J connectivity index is 1.89. The lowest BCUT2D eigenvalue weighted by molar-refractivity contribution is 0.327. The van der Waals surface area contributed by atoms with Gasteiger partial charge >= 0.3 is 0 Å². The molecule has 0 bridgehead atoms. The van der Waals surface area contributed by atoms with Crippen LogP contribution >= 0.6 is 11.8 Å². The largest absolute Gasteiger partial charge is 0.315 e. The number of hydrogen-bond acceptors (Lipinski definition) is 3. The quantitative estimate of drug-likeness (QED) is 0.627. The molecule has 0 amide bonds. The molecule has 0 aliphatic heterocycles. The number of unbranched alkanes of at least 4 members (excludes halogenated alkanes) is 1. The fraction of sp³-hybridized carbons (Fsp3) is 0.625. The first-order chi connectivity index (χ1) is 9.33. The summed E-state index contributed by atoms with van der Waals surface area (Å²) in [5, 5.41) is 3.52. The smallest absolute Gasteiger partial charge is 0.0185 e. The molecule has 108 valence electrons. The lowest BCUT2D eigenvalue weighted by atomic mass is 10.2. The van der Waals surface area contributed by atoms with E-state index >= 15 is 0 Å². The van der Waals surface area contributed by atoms with E-state index in [0.717, 1.165) is 25.4 Å². The Morgan fingerprint density at radius 2 is 1.89 bits per heavy atom. The molecule has 0 aliphatic rings. The van der Waals surface area contributed by atoms with E-state index < -0.39 is 0 Å². The Labute approximate surface area is 123 Å². The minimum absolute atomic E-state index is 1.10. The summed E-state index contributed by atoms with van der Waals surface area (Å²) < 4.78 is 0. The van der Waals surface area contributed by atoms with Crippen LogP contribution in [0.4, 0.5) is 0 Å². The average Bonchev–Trinajstić information content (AvgIpc) is 2.45. The standard InChI is InChI=1S/C16H28N2S/c1-3-4-12-18(2)13-10-17-11-14-19-15-16-8-6-5-7-9-16/h5-9,17H,3-4,10-15H2,1-2H3. The molecule has 1 N–H and O–H groups in total. The number of rotatable bonds is 11. The molecule has 0 aliphatic carbocycles. The molecule has 0 radical (unpaired) electrons. The molecule has 2 nitrogen and oxygen atoms in total. The second-order valence-electron chi connectivity index (χ2n) is 4.95. The number of nitrogens with one attached hydrogen (secondary N) is 1. The van der Waals surface area contributed by atoms with Crippen LogP contribution in [0.2, 0.25) is 0 Å². The minimum atomic E-state index is 1.10. The van der Waals surface area contributed by atoms with Gasteiger partial charge in [-0.05, 0) is 25.6 Å². The van der Waals surface area contributed by atoms with Crippen LogP contribution in [0.25, 0.3) is 0 Å². The van der Waals surface area contributed by atoms with Gasteiger partial charge in [-0.2, -0.15) is 11.8 Å². The van der Waals surface area contributed by atoms with Gasteiger partial charge in [0.15, 0.2) is 0 Å². The van der Waals surface area contributed by atoms with Crippen molar-refractivity contribution in [2.75, 3.05) is 39.0 Å². The summed E-state index contributed by atoms with van der Waals surface area (Å²) in [5.74, 6) is 2.31. The number of thioether (sulfide) groups is 1. The first-order valence-corrected chi connectivity index (χ1v) is 8.49. The maximum atomic E-state index is 3.52. The summed E-state index contributed by atoms with van der Waals surface area (Å²) in [5.41, 5.74) is 1.42. The molecule has 0 spiro atoms. The molecule has 1 aromatic carbocycles. The predicted molar refractivity (Wildman–Crippen MR) is 87.9 cm³/mol. The molecular weight excluding hydrogens is 252 g/mol. The van der Waals surface area contributed by atoms with Crippen molar-refractivity contribution in [3.63, 3.8) is 0 Å². The van der Waals surface area contributed by atoms with Gasteiger partial charge in [-0.1, -0.05) is 43.7 Å². The van der Waals surface area contributed by atoms with Gasteiger partial charge in [-0.25, -0.2) is 0 Å². The molecule has 3 heteroatoms. The van der Waals surface area contributed by atoms with Crippen LogP contribution < -0.4 is 5.32 Å². The number of hydrogen-bond donors (Lipinski definition) is 1. The third-order valence-corrected chi connectivity index (χ3v) is 4.13. The third-order valence-electron chi connectivity index (χ3n) is 3.10. The van der Waals surface area contributed by atoms with Crippen LogP contribution in [0.1, 0.15) is 25.3 Å². The summed E-state index contributed by atoms with van der Waals surface area (Å²) in [6.45, 7) is 6.84. The van der Waals surface area contributed by atoms with Gasteiger partial charge in [0.05, 0.1) is 0 Å². The number of nitrogens with zero attached hydrogens (tertiary/aromatic N) is 1. The van der Waals surface area contributed by atoms with E-state index in [2.05, 4.69) is 54.5 Å². The van der Waals surface area contributed by atoms with Crippen molar-refractivity contribution in [2.45, 2.75) is 25.5 Å². The Morgan fingerprint density at radius 1 is 1.11 bits per heavy atom. The van der Waals surface area contributed by atoms with Crippen LogP contribution in [0.5, 0.6) is 0 Å². The highest BCUT2D eigenvalue weighted by atomic mass is 32.2. The number of benzene rings is 1. The Kier molecular flexibility index (Phi) is 9.86. The van der Waals surface area contributed by atoms with E-state index in [1.807, 2.05) is 11.8 Å². The SMILES string of the molecule is CCCCN(C)CCNCCSCc1ccccc1. The van der Waals surface area contributed by atoms with Crippen molar-refractivity contribution in [3.05, 3.63) is 35.9 Å². The lowest BCUT2D eigenvalue weighted by Crippen LogP contribution is -2.30. The molecule has 19 heavy (non-hydrogen) atoms. The van der Waals surface area contributed by atoms with Crippen molar-refractivity contribution < 1.29 is 0 Å². The van der Waals surface area contributed by atoms with E-state index in [4.69, 9.17) is 0 Å². The maximum absolute atomic E-state index is 3.52. The van der Waals surface area contributed by atoms with Gasteiger partial charge in [0.2, 0.25) is 0 Å². The van der Waals surface area contributed by atoms with Gasteiger partial charge in [0.1, 0.15) is 0 Å². The molecule has 0 atom stereocenters. The Hall–Kier alpha value is -0.510. The van der Waals surface area contributed by atoms with Gasteiger partial charge in [-0.15, -0.1) is 0 Å². The monoisotopic (exact) mass is 280 g/mol. The summed E-state index contributed by atoms with van der Waals surface area (Å²) in [7, 11) is 2.21. The topological polar surface area (TPSA) is 15.3 Å². The van der Waals surface area contributed by atoms with E-state index in [0.29, 0.717) is 0 Å². The summed E-state index contributed by atoms with van der Waals surface area (Å²) in [6, 6.07) is 10.7. The van der Waals surface area contributed by atoms with Crippen LogP contribution in [0, 0.1) is 0 Å². The minimum Gasteiger partial charge on any atom is -0.315 e. The van der Waals surface area contributed by atoms with Gasteiger partial charge in [-0.3, -0.25) is 0 Å². The van der Waals surface area contributed by atoms with Crippen molar-refractivity contribution in [1.82, 2.24) is 10.2 Å². The molecule has 0 fully saturated rings. The van der Waals surface area contributed by atoms with Crippen molar-refractivity contribution >= 4 is 11.8 Å². The first kappa shape index (κ1) is 16.5. The Morgan fingerprint density at radius 3 is 2.63 bits per heavy atom. The van der Waals surface area contributed by atoms with Gasteiger partial charge in [0, 0.05) is 31.1 Å². The maximum Gasteiger partial charge on any atom is 0.0185 e. The highest BCUT2D eigenvalue weighted by Gasteiger charge is 1.97. The fourth-order valence-electron chi connectivity index (χ4n) is 1.84. The van der Waals surface area contributed by atoms with Crippen LogP contribution in [-0.4, -0.2) is 43.9 Å². The Bertz CT molecular complexity index is 303. The zero-order valence-electron chi connectivity index (χ0n) is 12.4. The van der Waals surface area contributed by atoms with E-state index in [1.165, 1.54) is 30.7 Å². The van der Waals surface area contributed by atoms with Crippen LogP contribution in [-0.2, 0) is 5.75 Å². The molecule has 0 unspecified atom stereocenters. The third kappa shape index (κ3) is 9.09. The lowest BCUT2D eigenvalue weighted by Gasteiger charge is -2.16. The van der Waals surface area contributed by atoms with E-state index in [1.54, 1.807) is 0 Å². The average molecular weight is 280 g/mol. The second kappa shape index (κ2) is 11.3. The molecule has 0 saturated heterocycles. The zero-order valence-corrected chi connectivity index (χ0v) is 13.2. The molecule has 1 aromatic rings. The highest BCUT2D eigenvalue weighted by Crippen LogP contribution is 2.10. The van der Waals surface area contributed by atoms with E-state index in [9.17, 15) is 0 Å². The normalized spacial score (nSPS) is 11.1. The molecular formula is C16H28N2S. The molecule has 0 aromatic heterocycles. The van der Waals surface area contributed by atoms with Crippen molar-refractivity contribution in [2.24, 2.45) is 0 Å². The summed E-state index contributed by atoms with van der Waals surface area (Å²) in [4.78, 5) is 2.41. The predicted octanol–water partition coefficient (Wildman–Crippen LogP) is 3.24. The highest BCUT2D eigenvalue weighted by molar-refractivity contribution is 7.98. The summed E-state index contributed by atoms with van der Waals surface area (Å²) in [6.07, 6.45) is 2.59. The van der Waals surface area contributed by atoms with Crippen molar-refractivity contribution in [3.8, 4) is 0 Å². The van der Waals surface area contributed by atoms with E-state index in [-0.39, 0.29) is 0 Å².